The van der Waals surface area contributed by atoms with Crippen LogP contribution < -0.4 is 21.3 Å². The van der Waals surface area contributed by atoms with Crippen LogP contribution >= 0.6 is 0 Å². The summed E-state index contributed by atoms with van der Waals surface area (Å²) in [6.07, 6.45) is 1.43. The second-order valence-electron chi connectivity index (χ2n) is 6.11. The first kappa shape index (κ1) is 19.0. The second-order valence-corrected chi connectivity index (χ2v) is 6.11. The monoisotopic (exact) mass is 385 g/mol. The van der Waals surface area contributed by atoms with E-state index in [2.05, 4.69) is 21.9 Å². The predicted molar refractivity (Wildman–Crippen MR) is 102 cm³/mol. The fourth-order valence-electron chi connectivity index (χ4n) is 3.18. The number of anilines is 1. The Labute approximate surface area is 159 Å². The Morgan fingerprint density at radius 1 is 1.32 bits per heavy atom. The SMILES string of the molecule is C=CCOC(=O)C1=C(C)Nc2[nH]c(=O)[nH]c(=O)c2[C@H]1c1ccc(O)c(OC)c1. The number of fused-ring (bicyclic) bond motifs is 1. The number of ether oxygens (including phenoxy) is 2. The number of nitrogens with one attached hydrogen (secondary N) is 3. The maximum atomic E-state index is 12.7. The highest BCUT2D eigenvalue weighted by molar-refractivity contribution is 5.94. The van der Waals surface area contributed by atoms with Crippen molar-refractivity contribution in [3.05, 3.63) is 74.1 Å². The molecular weight excluding hydrogens is 366 g/mol. The largest absolute Gasteiger partial charge is 0.504 e. The molecule has 1 aromatic heterocycles. The average Bonchev–Trinajstić information content (AvgIpc) is 2.65. The van der Waals surface area contributed by atoms with E-state index in [-0.39, 0.29) is 35.1 Å². The molecule has 2 heterocycles. The number of H-pyrrole nitrogens is 2. The Hall–Kier alpha value is -3.75. The molecule has 9 nitrogen and oxygen atoms in total. The number of aromatic amines is 2. The van der Waals surface area contributed by atoms with Crippen LogP contribution in [0.5, 0.6) is 11.5 Å². The number of esters is 1. The van der Waals surface area contributed by atoms with Gasteiger partial charge in [-0.25, -0.2) is 9.59 Å². The number of allylic oxidation sites excluding steroid dienone is 1. The number of benzene rings is 1. The summed E-state index contributed by atoms with van der Waals surface area (Å²) in [5.74, 6) is -1.23. The Kier molecular flexibility index (Phi) is 5.08. The van der Waals surface area contributed by atoms with Gasteiger partial charge in [-0.3, -0.25) is 14.8 Å². The van der Waals surface area contributed by atoms with E-state index in [4.69, 9.17) is 9.47 Å². The molecule has 0 saturated heterocycles. The van der Waals surface area contributed by atoms with Gasteiger partial charge < -0.3 is 19.9 Å². The van der Waals surface area contributed by atoms with E-state index in [0.29, 0.717) is 11.3 Å². The predicted octanol–water partition coefficient (Wildman–Crippen LogP) is 1.34. The summed E-state index contributed by atoms with van der Waals surface area (Å²) in [4.78, 5) is 41.7. The van der Waals surface area contributed by atoms with Crippen molar-refractivity contribution >= 4 is 11.8 Å². The number of carbonyl (C=O) groups is 1. The van der Waals surface area contributed by atoms with E-state index >= 15 is 0 Å². The molecule has 0 bridgehead atoms. The standard InChI is InChI=1S/C19H19N3O6/c1-4-7-28-18(25)13-9(2)20-16-15(17(24)22-19(26)21-16)14(13)10-5-6-11(23)12(8-10)27-3/h4-6,8,14,23H,1,7H2,2-3H3,(H3,20,21,22,24,26)/t14-/m0/s1. The van der Waals surface area contributed by atoms with E-state index in [1.165, 1.54) is 25.3 Å². The van der Waals surface area contributed by atoms with Gasteiger partial charge in [-0.15, -0.1) is 0 Å². The first-order valence-corrected chi connectivity index (χ1v) is 8.36. The minimum Gasteiger partial charge on any atom is -0.504 e. The number of carbonyl (C=O) groups excluding carboxylic acids is 1. The zero-order valence-electron chi connectivity index (χ0n) is 15.3. The van der Waals surface area contributed by atoms with Crippen molar-refractivity contribution < 1.29 is 19.4 Å². The van der Waals surface area contributed by atoms with E-state index < -0.39 is 23.1 Å². The number of hydrogen-bond acceptors (Lipinski definition) is 7. The Bertz CT molecular complexity index is 1100. The molecule has 0 aliphatic carbocycles. The highest BCUT2D eigenvalue weighted by Crippen LogP contribution is 2.41. The van der Waals surface area contributed by atoms with Gasteiger partial charge in [0.25, 0.3) is 5.56 Å². The fraction of sp³-hybridized carbons (Fsp3) is 0.211. The molecule has 9 heteroatoms. The summed E-state index contributed by atoms with van der Waals surface area (Å²) in [5.41, 5.74) is -0.0728. The molecule has 3 rings (SSSR count). The van der Waals surface area contributed by atoms with Crippen LogP contribution in [0.2, 0.25) is 0 Å². The minimum atomic E-state index is -0.858. The summed E-state index contributed by atoms with van der Waals surface area (Å²) < 4.78 is 10.3. The topological polar surface area (TPSA) is 134 Å². The average molecular weight is 385 g/mol. The van der Waals surface area contributed by atoms with Crippen LogP contribution in [0.25, 0.3) is 0 Å². The third-order valence-corrected chi connectivity index (χ3v) is 4.36. The molecule has 0 amide bonds. The van der Waals surface area contributed by atoms with Gasteiger partial charge in [0.2, 0.25) is 0 Å². The number of rotatable bonds is 5. The smallest absolute Gasteiger partial charge is 0.337 e. The molecule has 4 N–H and O–H groups in total. The number of hydrogen-bond donors (Lipinski definition) is 4. The Morgan fingerprint density at radius 3 is 2.75 bits per heavy atom. The highest BCUT2D eigenvalue weighted by atomic mass is 16.5. The maximum Gasteiger partial charge on any atom is 0.337 e. The van der Waals surface area contributed by atoms with Crippen LogP contribution in [0.3, 0.4) is 0 Å². The van der Waals surface area contributed by atoms with Crippen LogP contribution in [0, 0.1) is 0 Å². The zero-order valence-corrected chi connectivity index (χ0v) is 15.3. The van der Waals surface area contributed by atoms with Crippen molar-refractivity contribution in [2.24, 2.45) is 0 Å². The van der Waals surface area contributed by atoms with E-state index in [9.17, 15) is 19.5 Å². The van der Waals surface area contributed by atoms with Crippen LogP contribution in [0.15, 0.2) is 51.7 Å². The van der Waals surface area contributed by atoms with Gasteiger partial charge in [0.15, 0.2) is 11.5 Å². The van der Waals surface area contributed by atoms with Gasteiger partial charge in [0.1, 0.15) is 12.4 Å². The maximum absolute atomic E-state index is 12.7. The van der Waals surface area contributed by atoms with Gasteiger partial charge in [0.05, 0.1) is 24.2 Å². The van der Waals surface area contributed by atoms with E-state index in [0.717, 1.165) is 0 Å². The van der Waals surface area contributed by atoms with Gasteiger partial charge in [-0.05, 0) is 24.6 Å². The summed E-state index contributed by atoms with van der Waals surface area (Å²) in [6, 6.07) is 4.49. The first-order chi connectivity index (χ1) is 13.4. The normalized spacial score (nSPS) is 15.4. The summed E-state index contributed by atoms with van der Waals surface area (Å²) >= 11 is 0. The number of aromatic hydroxyl groups is 1. The summed E-state index contributed by atoms with van der Waals surface area (Å²) in [7, 11) is 1.39. The van der Waals surface area contributed by atoms with Crippen molar-refractivity contribution in [1.82, 2.24) is 9.97 Å². The van der Waals surface area contributed by atoms with Crippen LogP contribution in [0.4, 0.5) is 5.82 Å². The molecule has 0 fully saturated rings. The third-order valence-electron chi connectivity index (χ3n) is 4.36. The molecule has 1 aromatic carbocycles. The lowest BCUT2D eigenvalue weighted by Crippen LogP contribution is -2.35. The summed E-state index contributed by atoms with van der Waals surface area (Å²) in [6.45, 7) is 5.15. The molecule has 1 aliphatic rings. The van der Waals surface area contributed by atoms with Crippen molar-refractivity contribution in [3.63, 3.8) is 0 Å². The molecule has 0 saturated carbocycles. The highest BCUT2D eigenvalue weighted by Gasteiger charge is 2.36. The molecule has 0 unspecified atom stereocenters. The summed E-state index contributed by atoms with van der Waals surface area (Å²) in [5, 5.41) is 12.8. The first-order valence-electron chi connectivity index (χ1n) is 8.36. The van der Waals surface area contributed by atoms with E-state index in [1.54, 1.807) is 13.0 Å². The Morgan fingerprint density at radius 2 is 2.07 bits per heavy atom. The molecule has 2 aromatic rings. The molecular formula is C19H19N3O6. The van der Waals surface area contributed by atoms with E-state index in [1.807, 2.05) is 0 Å². The van der Waals surface area contributed by atoms with Crippen molar-refractivity contribution in [3.8, 4) is 11.5 Å². The second kappa shape index (κ2) is 7.47. The molecule has 1 aliphatic heterocycles. The third kappa shape index (κ3) is 3.29. The van der Waals surface area contributed by atoms with Crippen molar-refractivity contribution in [2.45, 2.75) is 12.8 Å². The van der Waals surface area contributed by atoms with Crippen molar-refractivity contribution in [2.75, 3.05) is 19.0 Å². The molecule has 28 heavy (non-hydrogen) atoms. The lowest BCUT2D eigenvalue weighted by atomic mass is 9.82. The molecule has 1 atom stereocenters. The quantitative estimate of drug-likeness (QED) is 0.451. The lowest BCUT2D eigenvalue weighted by Gasteiger charge is -2.28. The molecule has 0 spiro atoms. The van der Waals surface area contributed by atoms with Crippen LogP contribution in [0.1, 0.15) is 24.0 Å². The number of aromatic nitrogens is 2. The van der Waals surface area contributed by atoms with Crippen molar-refractivity contribution in [1.29, 1.82) is 0 Å². The van der Waals surface area contributed by atoms with Crippen LogP contribution in [-0.2, 0) is 9.53 Å². The Balaban J connectivity index is 2.27. The zero-order chi connectivity index (χ0) is 20.4. The van der Waals surface area contributed by atoms with Gasteiger partial charge >= 0.3 is 11.7 Å². The van der Waals surface area contributed by atoms with Gasteiger partial charge in [-0.1, -0.05) is 18.7 Å². The fourth-order valence-corrected chi connectivity index (χ4v) is 3.18. The minimum absolute atomic E-state index is 0.00390. The molecule has 146 valence electrons. The lowest BCUT2D eigenvalue weighted by molar-refractivity contribution is -0.138. The van der Waals surface area contributed by atoms with Gasteiger partial charge in [-0.2, -0.15) is 0 Å². The van der Waals surface area contributed by atoms with Gasteiger partial charge in [0, 0.05) is 5.70 Å². The number of methoxy groups -OCH3 is 1. The number of phenolic OH excluding ortho intramolecular Hbond substituents is 1. The van der Waals surface area contributed by atoms with Crippen LogP contribution in [-0.4, -0.2) is 34.8 Å². The molecule has 0 radical (unpaired) electrons. The number of phenols is 1.